The average molecular weight is 375 g/mol. The Kier molecular flexibility index (Phi) is 7.65. The van der Waals surface area contributed by atoms with Gasteiger partial charge in [0.25, 0.3) is 5.91 Å². The highest BCUT2D eigenvalue weighted by molar-refractivity contribution is 7.99. The van der Waals surface area contributed by atoms with Crippen LogP contribution < -0.4 is 10.6 Å². The van der Waals surface area contributed by atoms with Gasteiger partial charge in [0, 0.05) is 13.0 Å². The van der Waals surface area contributed by atoms with Crippen LogP contribution in [-0.2, 0) is 11.2 Å². The van der Waals surface area contributed by atoms with E-state index >= 15 is 0 Å². The minimum Gasteiger partial charge on any atom is -0.352 e. The van der Waals surface area contributed by atoms with E-state index in [0.29, 0.717) is 28.9 Å². The monoisotopic (exact) mass is 375 g/mol. The van der Waals surface area contributed by atoms with Crippen molar-refractivity contribution in [2.45, 2.75) is 38.8 Å². The third kappa shape index (κ3) is 6.18. The summed E-state index contributed by atoms with van der Waals surface area (Å²) in [6.07, 6.45) is 1.81. The molecule has 0 spiro atoms. The van der Waals surface area contributed by atoms with E-state index in [4.69, 9.17) is 0 Å². The Hall–Kier alpha value is -2.35. The van der Waals surface area contributed by atoms with Gasteiger partial charge in [0.1, 0.15) is 5.82 Å². The zero-order valence-electron chi connectivity index (χ0n) is 15.3. The number of aromatic nitrogens is 3. The number of hydrogen-bond acceptors (Lipinski definition) is 5. The van der Waals surface area contributed by atoms with Crippen molar-refractivity contribution < 1.29 is 9.59 Å². The Labute approximate surface area is 157 Å². The molecule has 8 heteroatoms. The van der Waals surface area contributed by atoms with E-state index in [1.807, 2.05) is 13.8 Å². The lowest BCUT2D eigenvalue weighted by Gasteiger charge is -2.12. The van der Waals surface area contributed by atoms with Gasteiger partial charge >= 0.3 is 0 Å². The Morgan fingerprint density at radius 3 is 2.77 bits per heavy atom. The van der Waals surface area contributed by atoms with Gasteiger partial charge in [-0.15, -0.1) is 5.10 Å². The number of carbonyl (C=O) groups is 2. The van der Waals surface area contributed by atoms with Gasteiger partial charge in [-0.05, 0) is 24.5 Å². The predicted octanol–water partition coefficient (Wildman–Crippen LogP) is 2.87. The number of anilines is 1. The lowest BCUT2D eigenvalue weighted by molar-refractivity contribution is -0.113. The van der Waals surface area contributed by atoms with Crippen LogP contribution in [0.4, 0.5) is 5.69 Å². The van der Waals surface area contributed by atoms with Crippen LogP contribution in [0.25, 0.3) is 0 Å². The zero-order chi connectivity index (χ0) is 18.9. The first kappa shape index (κ1) is 20.0. The highest BCUT2D eigenvalue weighted by atomic mass is 32.2. The second-order valence-corrected chi connectivity index (χ2v) is 7.24. The highest BCUT2D eigenvalue weighted by Gasteiger charge is 2.14. The maximum atomic E-state index is 12.3. The number of H-pyrrole nitrogens is 1. The first-order valence-electron chi connectivity index (χ1n) is 8.70. The molecular weight excluding hydrogens is 350 g/mol. The molecule has 2 aromatic rings. The third-order valence-electron chi connectivity index (χ3n) is 3.45. The van der Waals surface area contributed by atoms with E-state index in [-0.39, 0.29) is 17.6 Å². The van der Waals surface area contributed by atoms with Crippen molar-refractivity contribution in [3.05, 3.63) is 35.7 Å². The number of thioether (sulfide) groups is 1. The molecule has 1 aromatic heterocycles. The standard InChI is InChI=1S/C18H25N5O2S/c1-4-7-15-21-18(23-22-15)26-11-16(24)20-14-9-6-5-8-13(14)17(25)19-10-12(2)3/h5-6,8-9,12H,4,7,10-11H2,1-3H3,(H,19,25)(H,20,24)(H,21,22,23). The number of aryl methyl sites for hydroxylation is 1. The summed E-state index contributed by atoms with van der Waals surface area (Å²) in [5.74, 6) is 0.950. The minimum absolute atomic E-state index is 0.172. The number of amides is 2. The van der Waals surface area contributed by atoms with Crippen LogP contribution in [0.5, 0.6) is 0 Å². The number of benzene rings is 1. The van der Waals surface area contributed by atoms with Gasteiger partial charge in [-0.2, -0.15) is 0 Å². The van der Waals surface area contributed by atoms with Crippen LogP contribution in [0.2, 0.25) is 0 Å². The van der Waals surface area contributed by atoms with Crippen LogP contribution in [0.3, 0.4) is 0 Å². The van der Waals surface area contributed by atoms with Crippen LogP contribution in [0.1, 0.15) is 43.4 Å². The minimum atomic E-state index is -0.207. The number of hydrogen-bond donors (Lipinski definition) is 3. The number of para-hydroxylation sites is 1. The number of aromatic amines is 1. The number of nitrogens with one attached hydrogen (secondary N) is 3. The summed E-state index contributed by atoms with van der Waals surface area (Å²) in [4.78, 5) is 28.9. The van der Waals surface area contributed by atoms with Gasteiger partial charge in [0.2, 0.25) is 11.1 Å². The molecular formula is C18H25N5O2S. The van der Waals surface area contributed by atoms with E-state index in [2.05, 4.69) is 32.7 Å². The average Bonchev–Trinajstić information content (AvgIpc) is 3.06. The van der Waals surface area contributed by atoms with Crippen molar-refractivity contribution in [1.82, 2.24) is 20.5 Å². The van der Waals surface area contributed by atoms with Crippen molar-refractivity contribution in [2.24, 2.45) is 5.92 Å². The summed E-state index contributed by atoms with van der Waals surface area (Å²) in [5, 5.41) is 13.2. The van der Waals surface area contributed by atoms with E-state index < -0.39 is 0 Å². The van der Waals surface area contributed by atoms with Gasteiger partial charge in [0.15, 0.2) is 0 Å². The summed E-state index contributed by atoms with van der Waals surface area (Å²) < 4.78 is 0. The number of nitrogens with zero attached hydrogens (tertiary/aromatic N) is 2. The first-order valence-corrected chi connectivity index (χ1v) is 9.69. The Balaban J connectivity index is 1.92. The highest BCUT2D eigenvalue weighted by Crippen LogP contribution is 2.17. The molecule has 0 saturated heterocycles. The largest absolute Gasteiger partial charge is 0.352 e. The molecule has 0 radical (unpaired) electrons. The third-order valence-corrected chi connectivity index (χ3v) is 4.29. The van der Waals surface area contributed by atoms with Crippen LogP contribution in [0.15, 0.2) is 29.4 Å². The van der Waals surface area contributed by atoms with Crippen LogP contribution >= 0.6 is 11.8 Å². The Morgan fingerprint density at radius 2 is 2.04 bits per heavy atom. The van der Waals surface area contributed by atoms with Crippen molar-refractivity contribution in [3.63, 3.8) is 0 Å². The summed E-state index contributed by atoms with van der Waals surface area (Å²) in [7, 11) is 0. The predicted molar refractivity (Wildman–Crippen MR) is 103 cm³/mol. The zero-order valence-corrected chi connectivity index (χ0v) is 16.2. The molecule has 0 fully saturated rings. The van der Waals surface area contributed by atoms with E-state index in [0.717, 1.165) is 18.7 Å². The SMILES string of the molecule is CCCc1nc(SCC(=O)Nc2ccccc2C(=O)NCC(C)C)n[nH]1. The fourth-order valence-electron chi connectivity index (χ4n) is 2.19. The molecule has 1 heterocycles. The molecule has 0 aliphatic rings. The molecule has 0 unspecified atom stereocenters. The van der Waals surface area contributed by atoms with Crippen molar-refractivity contribution in [3.8, 4) is 0 Å². The maximum absolute atomic E-state index is 12.3. The van der Waals surface area contributed by atoms with Crippen LogP contribution in [-0.4, -0.2) is 39.3 Å². The topological polar surface area (TPSA) is 99.8 Å². The Bertz CT molecular complexity index is 745. The summed E-state index contributed by atoms with van der Waals surface area (Å²) in [6, 6.07) is 6.98. The van der Waals surface area contributed by atoms with Gasteiger partial charge in [-0.25, -0.2) is 4.98 Å². The van der Waals surface area contributed by atoms with Crippen molar-refractivity contribution >= 4 is 29.3 Å². The molecule has 2 amide bonds. The lowest BCUT2D eigenvalue weighted by Crippen LogP contribution is -2.28. The Morgan fingerprint density at radius 1 is 1.27 bits per heavy atom. The molecule has 0 atom stereocenters. The molecule has 2 rings (SSSR count). The van der Waals surface area contributed by atoms with E-state index in [9.17, 15) is 9.59 Å². The quantitative estimate of drug-likeness (QED) is 0.585. The van der Waals surface area contributed by atoms with E-state index in [1.165, 1.54) is 11.8 Å². The fraction of sp³-hybridized carbons (Fsp3) is 0.444. The first-order chi connectivity index (χ1) is 12.5. The maximum Gasteiger partial charge on any atom is 0.253 e. The molecule has 140 valence electrons. The van der Waals surface area contributed by atoms with Gasteiger partial charge in [-0.3, -0.25) is 14.7 Å². The van der Waals surface area contributed by atoms with Gasteiger partial charge in [-0.1, -0.05) is 44.7 Å². The van der Waals surface area contributed by atoms with Gasteiger partial charge < -0.3 is 10.6 Å². The van der Waals surface area contributed by atoms with Crippen molar-refractivity contribution in [2.75, 3.05) is 17.6 Å². The normalized spacial score (nSPS) is 10.8. The molecule has 0 aliphatic heterocycles. The van der Waals surface area contributed by atoms with Crippen LogP contribution in [0, 0.1) is 5.92 Å². The van der Waals surface area contributed by atoms with Gasteiger partial charge in [0.05, 0.1) is 17.0 Å². The molecule has 0 aliphatic carbocycles. The van der Waals surface area contributed by atoms with Crippen molar-refractivity contribution in [1.29, 1.82) is 0 Å². The van der Waals surface area contributed by atoms with E-state index in [1.54, 1.807) is 24.3 Å². The second-order valence-electron chi connectivity index (χ2n) is 6.30. The summed E-state index contributed by atoms with van der Waals surface area (Å²) in [5.41, 5.74) is 0.954. The molecule has 3 N–H and O–H groups in total. The molecule has 7 nitrogen and oxygen atoms in total. The molecule has 26 heavy (non-hydrogen) atoms. The molecule has 0 bridgehead atoms. The number of rotatable bonds is 9. The smallest absolute Gasteiger partial charge is 0.253 e. The summed E-state index contributed by atoms with van der Waals surface area (Å²) >= 11 is 1.26. The lowest BCUT2D eigenvalue weighted by atomic mass is 10.1. The fourth-order valence-corrected chi connectivity index (χ4v) is 2.81. The molecule has 1 aromatic carbocycles. The number of carbonyl (C=O) groups excluding carboxylic acids is 2. The second kappa shape index (κ2) is 9.96. The summed E-state index contributed by atoms with van der Waals surface area (Å²) in [6.45, 7) is 6.71. The molecule has 0 saturated carbocycles.